The maximum atomic E-state index is 13.2. The van der Waals surface area contributed by atoms with E-state index in [1.54, 1.807) is 54.9 Å². The SMILES string of the molecule is C=CCOc1ccc(C2C(=C(O)c3ccncc3)C(=O)C(=O)N2Cc2cccnc2)cc1OCC. The van der Waals surface area contributed by atoms with E-state index in [4.69, 9.17) is 9.47 Å². The molecular formula is C27H25N3O5. The summed E-state index contributed by atoms with van der Waals surface area (Å²) in [5.41, 5.74) is 1.73. The van der Waals surface area contributed by atoms with Crippen molar-refractivity contribution in [1.82, 2.24) is 14.9 Å². The number of ketones is 1. The number of likely N-dealkylation sites (tertiary alicyclic amines) is 1. The standard InChI is InChI=1S/C27H25N3O5/c1-3-14-35-21-8-7-20(15-22(21)34-4-2)24-23(25(31)19-9-12-28-13-10-19)26(32)27(33)30(24)17-18-6-5-11-29-16-18/h3,5-13,15-16,24,31H,1,4,14,17H2,2H3. The maximum absolute atomic E-state index is 13.2. The third kappa shape index (κ3) is 4.91. The average molecular weight is 472 g/mol. The molecule has 0 radical (unpaired) electrons. The quantitative estimate of drug-likeness (QED) is 0.217. The van der Waals surface area contributed by atoms with Gasteiger partial charge in [0.2, 0.25) is 0 Å². The Kier molecular flexibility index (Phi) is 7.21. The number of hydrogen-bond donors (Lipinski definition) is 1. The van der Waals surface area contributed by atoms with Crippen molar-refractivity contribution in [2.75, 3.05) is 13.2 Å². The molecule has 1 aliphatic rings. The molecule has 0 saturated carbocycles. The van der Waals surface area contributed by atoms with Crippen LogP contribution in [0.5, 0.6) is 11.5 Å². The first-order valence-corrected chi connectivity index (χ1v) is 11.1. The van der Waals surface area contributed by atoms with Crippen LogP contribution in [0.15, 0.2) is 85.5 Å². The molecule has 1 fully saturated rings. The Hall–Kier alpha value is -4.46. The van der Waals surface area contributed by atoms with Gasteiger partial charge in [-0.2, -0.15) is 0 Å². The maximum Gasteiger partial charge on any atom is 0.295 e. The molecule has 8 heteroatoms. The predicted octanol–water partition coefficient (Wildman–Crippen LogP) is 4.06. The number of carbonyl (C=O) groups is 2. The molecule has 8 nitrogen and oxygen atoms in total. The number of nitrogens with zero attached hydrogens (tertiary/aromatic N) is 3. The van der Waals surface area contributed by atoms with Gasteiger partial charge in [-0.15, -0.1) is 0 Å². The highest BCUT2D eigenvalue weighted by atomic mass is 16.5. The lowest BCUT2D eigenvalue weighted by Crippen LogP contribution is -2.29. The third-order valence-electron chi connectivity index (χ3n) is 5.51. The highest BCUT2D eigenvalue weighted by molar-refractivity contribution is 6.46. The molecule has 1 saturated heterocycles. The summed E-state index contributed by atoms with van der Waals surface area (Å²) in [5.74, 6) is -0.775. The fourth-order valence-corrected chi connectivity index (χ4v) is 3.97. The van der Waals surface area contributed by atoms with E-state index in [1.807, 2.05) is 13.0 Å². The Labute approximate surface area is 203 Å². The summed E-state index contributed by atoms with van der Waals surface area (Å²) in [6.45, 7) is 6.33. The molecule has 1 N–H and O–H groups in total. The smallest absolute Gasteiger partial charge is 0.295 e. The Morgan fingerprint density at radius 2 is 1.89 bits per heavy atom. The molecule has 3 heterocycles. The zero-order chi connectivity index (χ0) is 24.8. The van der Waals surface area contributed by atoms with Gasteiger partial charge in [0.15, 0.2) is 11.5 Å². The van der Waals surface area contributed by atoms with Crippen molar-refractivity contribution in [3.63, 3.8) is 0 Å². The fourth-order valence-electron chi connectivity index (χ4n) is 3.97. The highest BCUT2D eigenvalue weighted by Gasteiger charge is 2.46. The monoisotopic (exact) mass is 471 g/mol. The minimum absolute atomic E-state index is 0.00713. The van der Waals surface area contributed by atoms with E-state index in [9.17, 15) is 14.7 Å². The van der Waals surface area contributed by atoms with Crippen LogP contribution in [0.25, 0.3) is 5.76 Å². The molecule has 35 heavy (non-hydrogen) atoms. The molecule has 1 aromatic carbocycles. The topological polar surface area (TPSA) is 102 Å². The Balaban J connectivity index is 1.86. The molecule has 4 rings (SSSR count). The van der Waals surface area contributed by atoms with Gasteiger partial charge in [0.1, 0.15) is 12.4 Å². The van der Waals surface area contributed by atoms with Crippen molar-refractivity contribution in [1.29, 1.82) is 0 Å². The van der Waals surface area contributed by atoms with E-state index < -0.39 is 17.7 Å². The number of aliphatic hydroxyl groups excluding tert-OH is 1. The lowest BCUT2D eigenvalue weighted by atomic mass is 9.95. The Morgan fingerprint density at radius 3 is 2.57 bits per heavy atom. The van der Waals surface area contributed by atoms with Crippen LogP contribution in [0, 0.1) is 0 Å². The first kappa shape index (κ1) is 23.7. The van der Waals surface area contributed by atoms with Crippen LogP contribution >= 0.6 is 0 Å². The zero-order valence-corrected chi connectivity index (χ0v) is 19.3. The Morgan fingerprint density at radius 1 is 1.09 bits per heavy atom. The van der Waals surface area contributed by atoms with E-state index in [-0.39, 0.29) is 17.9 Å². The second-order valence-corrected chi connectivity index (χ2v) is 7.76. The van der Waals surface area contributed by atoms with Crippen molar-refractivity contribution in [2.45, 2.75) is 19.5 Å². The molecule has 0 aliphatic carbocycles. The molecule has 178 valence electrons. The molecule has 0 spiro atoms. The van der Waals surface area contributed by atoms with Gasteiger partial charge in [0.05, 0.1) is 18.2 Å². The number of ether oxygens (including phenoxy) is 2. The van der Waals surface area contributed by atoms with E-state index in [0.29, 0.717) is 35.8 Å². The van der Waals surface area contributed by atoms with Crippen LogP contribution < -0.4 is 9.47 Å². The summed E-state index contributed by atoms with van der Waals surface area (Å²) < 4.78 is 11.5. The number of amides is 1. The van der Waals surface area contributed by atoms with Crippen molar-refractivity contribution in [3.05, 3.63) is 102 Å². The van der Waals surface area contributed by atoms with E-state index in [0.717, 1.165) is 5.56 Å². The minimum atomic E-state index is -0.851. The summed E-state index contributed by atoms with van der Waals surface area (Å²) in [5, 5.41) is 11.1. The van der Waals surface area contributed by atoms with Crippen molar-refractivity contribution >= 4 is 17.4 Å². The van der Waals surface area contributed by atoms with Gasteiger partial charge in [0, 0.05) is 36.9 Å². The molecule has 2 aromatic heterocycles. The number of aromatic nitrogens is 2. The molecule has 1 aliphatic heterocycles. The number of pyridine rings is 2. The largest absolute Gasteiger partial charge is 0.507 e. The second kappa shape index (κ2) is 10.6. The summed E-state index contributed by atoms with van der Waals surface area (Å²) >= 11 is 0. The highest BCUT2D eigenvalue weighted by Crippen LogP contribution is 2.42. The van der Waals surface area contributed by atoms with Crippen molar-refractivity contribution < 1.29 is 24.2 Å². The lowest BCUT2D eigenvalue weighted by molar-refractivity contribution is -0.140. The van der Waals surface area contributed by atoms with Crippen molar-refractivity contribution in [3.8, 4) is 11.5 Å². The zero-order valence-electron chi connectivity index (χ0n) is 19.3. The molecule has 0 bridgehead atoms. The summed E-state index contributed by atoms with van der Waals surface area (Å²) in [6, 6.07) is 11.1. The number of aliphatic hydroxyl groups is 1. The van der Waals surface area contributed by atoms with Gasteiger partial charge in [-0.1, -0.05) is 24.8 Å². The molecule has 3 aromatic rings. The van der Waals surface area contributed by atoms with Crippen molar-refractivity contribution in [2.24, 2.45) is 0 Å². The van der Waals surface area contributed by atoms with Gasteiger partial charge in [0.25, 0.3) is 11.7 Å². The number of benzene rings is 1. The molecular weight excluding hydrogens is 446 g/mol. The van der Waals surface area contributed by atoms with Crippen LogP contribution in [0.2, 0.25) is 0 Å². The second-order valence-electron chi connectivity index (χ2n) is 7.76. The van der Waals surface area contributed by atoms with Gasteiger partial charge in [-0.25, -0.2) is 0 Å². The normalized spacial score (nSPS) is 16.8. The summed E-state index contributed by atoms with van der Waals surface area (Å²) in [6.07, 6.45) is 7.91. The molecule has 1 amide bonds. The van der Waals surface area contributed by atoms with Crippen LogP contribution in [-0.2, 0) is 16.1 Å². The fraction of sp³-hybridized carbons (Fsp3) is 0.185. The molecule has 1 unspecified atom stereocenters. The lowest BCUT2D eigenvalue weighted by Gasteiger charge is -2.26. The summed E-state index contributed by atoms with van der Waals surface area (Å²) in [7, 11) is 0. The van der Waals surface area contributed by atoms with Crippen LogP contribution in [0.3, 0.4) is 0 Å². The van der Waals surface area contributed by atoms with E-state index >= 15 is 0 Å². The van der Waals surface area contributed by atoms with Crippen LogP contribution in [0.4, 0.5) is 0 Å². The number of rotatable bonds is 9. The van der Waals surface area contributed by atoms with Crippen LogP contribution in [-0.4, -0.2) is 44.9 Å². The predicted molar refractivity (Wildman–Crippen MR) is 130 cm³/mol. The molecule has 1 atom stereocenters. The summed E-state index contributed by atoms with van der Waals surface area (Å²) in [4.78, 5) is 35.9. The van der Waals surface area contributed by atoms with E-state index in [2.05, 4.69) is 16.5 Å². The Bertz CT molecular complexity index is 1260. The number of hydrogen-bond acceptors (Lipinski definition) is 7. The van der Waals surface area contributed by atoms with Crippen LogP contribution in [0.1, 0.15) is 29.7 Å². The van der Waals surface area contributed by atoms with E-state index in [1.165, 1.54) is 17.3 Å². The number of Topliss-reactive ketones (excluding diaryl/α,β-unsaturated/α-hetero) is 1. The first-order chi connectivity index (χ1) is 17.0. The average Bonchev–Trinajstić information content (AvgIpc) is 3.13. The van der Waals surface area contributed by atoms with Gasteiger partial charge in [-0.3, -0.25) is 19.6 Å². The third-order valence-corrected chi connectivity index (χ3v) is 5.51. The first-order valence-electron chi connectivity index (χ1n) is 11.1. The van der Waals surface area contributed by atoms with Gasteiger partial charge in [-0.05, 0) is 48.4 Å². The number of carbonyl (C=O) groups excluding carboxylic acids is 2. The van der Waals surface area contributed by atoms with Gasteiger partial charge >= 0.3 is 0 Å². The minimum Gasteiger partial charge on any atom is -0.507 e. The van der Waals surface area contributed by atoms with Gasteiger partial charge < -0.3 is 19.5 Å².